The Morgan fingerprint density at radius 3 is 2.58 bits per heavy atom. The number of para-hydroxylation sites is 1. The fourth-order valence-corrected chi connectivity index (χ4v) is 1.67. The van der Waals surface area contributed by atoms with Gasteiger partial charge in [-0.25, -0.2) is 0 Å². The van der Waals surface area contributed by atoms with E-state index in [1.54, 1.807) is 0 Å². The first-order valence-electron chi connectivity index (χ1n) is 3.49. The Balaban J connectivity index is 3.09. The summed E-state index contributed by atoms with van der Waals surface area (Å²) in [6.45, 7) is 0. The second-order valence-electron chi connectivity index (χ2n) is 2.45. The maximum absolute atomic E-state index is 5.10. The van der Waals surface area contributed by atoms with E-state index in [0.29, 0.717) is 9.41 Å². The van der Waals surface area contributed by atoms with Crippen molar-refractivity contribution in [3.63, 3.8) is 0 Å². The highest BCUT2D eigenvalue weighted by molar-refractivity contribution is 7.72. The average Bonchev–Trinajstić information content (AvgIpc) is 2.04. The highest BCUT2D eigenvalue weighted by Gasteiger charge is 1.92. The third-order valence-corrected chi connectivity index (χ3v) is 2.17. The smallest absolute Gasteiger partial charge is 0.175 e. The van der Waals surface area contributed by atoms with E-state index >= 15 is 0 Å². The van der Waals surface area contributed by atoms with E-state index in [1.165, 1.54) is 0 Å². The number of hydrogen-bond donors (Lipinski definition) is 2. The predicted octanol–water partition coefficient (Wildman–Crippen LogP) is 2.95. The molecule has 0 aliphatic rings. The molecule has 1 aromatic carbocycles. The van der Waals surface area contributed by atoms with Gasteiger partial charge in [0.25, 0.3) is 0 Å². The van der Waals surface area contributed by atoms with Gasteiger partial charge in [0, 0.05) is 5.39 Å². The Morgan fingerprint density at radius 1 is 1.00 bits per heavy atom. The monoisotopic (exact) mass is 194 g/mol. The standard InChI is InChI=1S/C8H6N2S2/c11-7-5-3-1-2-4-6(5)9-8(12)10-7/h1-4H,(H2,9,10,11,12). The highest BCUT2D eigenvalue weighted by atomic mass is 32.1. The number of rotatable bonds is 0. The predicted molar refractivity (Wildman–Crippen MR) is 54.3 cm³/mol. The molecule has 0 atom stereocenters. The molecule has 0 saturated heterocycles. The van der Waals surface area contributed by atoms with Crippen LogP contribution in [0, 0.1) is 9.41 Å². The van der Waals surface area contributed by atoms with Crippen LogP contribution in [0.3, 0.4) is 0 Å². The molecular formula is C8H6N2S2. The van der Waals surface area contributed by atoms with Crippen LogP contribution in [0.5, 0.6) is 0 Å². The summed E-state index contributed by atoms with van der Waals surface area (Å²) in [4.78, 5) is 5.91. The van der Waals surface area contributed by atoms with Crippen LogP contribution in [0.15, 0.2) is 24.3 Å². The Hall–Kier alpha value is -1.00. The molecule has 0 bridgehead atoms. The van der Waals surface area contributed by atoms with Gasteiger partial charge >= 0.3 is 0 Å². The van der Waals surface area contributed by atoms with Gasteiger partial charge in [-0.1, -0.05) is 24.4 Å². The summed E-state index contributed by atoms with van der Waals surface area (Å²) < 4.78 is 1.26. The molecule has 4 heteroatoms. The van der Waals surface area contributed by atoms with Crippen LogP contribution in [0.4, 0.5) is 0 Å². The Bertz CT molecular complexity index is 524. The average molecular weight is 194 g/mol. The van der Waals surface area contributed by atoms with Crippen LogP contribution >= 0.6 is 24.4 Å². The molecule has 0 aliphatic heterocycles. The van der Waals surface area contributed by atoms with Crippen LogP contribution in [-0.4, -0.2) is 9.97 Å². The summed E-state index contributed by atoms with van der Waals surface area (Å²) in [5.41, 5.74) is 0.978. The molecule has 2 N–H and O–H groups in total. The fourth-order valence-electron chi connectivity index (χ4n) is 1.11. The molecule has 0 aliphatic carbocycles. The number of benzene rings is 1. The second-order valence-corrected chi connectivity index (χ2v) is 3.27. The molecular weight excluding hydrogens is 188 g/mol. The maximum atomic E-state index is 5.10. The van der Waals surface area contributed by atoms with Crippen molar-refractivity contribution in [2.75, 3.05) is 0 Å². The molecule has 0 unspecified atom stereocenters. The van der Waals surface area contributed by atoms with Gasteiger partial charge < -0.3 is 9.97 Å². The summed E-state index contributed by atoms with van der Waals surface area (Å²) >= 11 is 10.0. The normalized spacial score (nSPS) is 10.3. The van der Waals surface area contributed by atoms with Gasteiger partial charge in [0.15, 0.2) is 4.77 Å². The molecule has 60 valence electrons. The Labute approximate surface area is 79.3 Å². The van der Waals surface area contributed by atoms with Crippen molar-refractivity contribution in [3.05, 3.63) is 33.7 Å². The number of hydrogen-bond acceptors (Lipinski definition) is 2. The quantitative estimate of drug-likeness (QED) is 0.632. The van der Waals surface area contributed by atoms with Gasteiger partial charge in [0.1, 0.15) is 4.64 Å². The zero-order chi connectivity index (χ0) is 8.55. The van der Waals surface area contributed by atoms with E-state index in [4.69, 9.17) is 24.4 Å². The molecule has 12 heavy (non-hydrogen) atoms. The van der Waals surface area contributed by atoms with Crippen molar-refractivity contribution >= 4 is 35.3 Å². The van der Waals surface area contributed by atoms with Crippen LogP contribution < -0.4 is 0 Å². The van der Waals surface area contributed by atoms with Gasteiger partial charge in [0.2, 0.25) is 0 Å². The molecule has 2 nitrogen and oxygen atoms in total. The minimum Gasteiger partial charge on any atom is -0.332 e. The lowest BCUT2D eigenvalue weighted by molar-refractivity contribution is 1.17. The number of nitrogens with one attached hydrogen (secondary N) is 2. The first kappa shape index (κ1) is 7.64. The Morgan fingerprint density at radius 2 is 1.75 bits per heavy atom. The summed E-state index contributed by atoms with van der Waals surface area (Å²) in [6.07, 6.45) is 0. The van der Waals surface area contributed by atoms with Crippen molar-refractivity contribution in [2.24, 2.45) is 0 Å². The van der Waals surface area contributed by atoms with Crippen LogP contribution in [-0.2, 0) is 0 Å². The van der Waals surface area contributed by atoms with Crippen LogP contribution in [0.25, 0.3) is 10.9 Å². The number of fused-ring (bicyclic) bond motifs is 1. The fraction of sp³-hybridized carbons (Fsp3) is 0. The number of H-pyrrole nitrogens is 2. The first-order valence-corrected chi connectivity index (χ1v) is 4.30. The molecule has 2 aromatic rings. The molecule has 0 amide bonds. The highest BCUT2D eigenvalue weighted by Crippen LogP contribution is 2.09. The summed E-state index contributed by atoms with van der Waals surface area (Å²) in [5.74, 6) is 0. The van der Waals surface area contributed by atoms with E-state index in [1.807, 2.05) is 24.3 Å². The van der Waals surface area contributed by atoms with Gasteiger partial charge in [-0.05, 0) is 24.4 Å². The largest absolute Gasteiger partial charge is 0.332 e. The van der Waals surface area contributed by atoms with Crippen molar-refractivity contribution in [3.8, 4) is 0 Å². The molecule has 0 saturated carbocycles. The van der Waals surface area contributed by atoms with Crippen molar-refractivity contribution in [2.45, 2.75) is 0 Å². The number of aromatic nitrogens is 2. The Kier molecular flexibility index (Phi) is 1.78. The zero-order valence-electron chi connectivity index (χ0n) is 6.13. The van der Waals surface area contributed by atoms with E-state index in [0.717, 1.165) is 10.9 Å². The minimum atomic E-state index is 0.568. The third-order valence-electron chi connectivity index (χ3n) is 1.65. The van der Waals surface area contributed by atoms with E-state index in [9.17, 15) is 0 Å². The van der Waals surface area contributed by atoms with E-state index in [-0.39, 0.29) is 0 Å². The summed E-state index contributed by atoms with van der Waals surface area (Å²) in [5, 5.41) is 1.00. The molecule has 0 spiro atoms. The van der Waals surface area contributed by atoms with Gasteiger partial charge in [0.05, 0.1) is 5.52 Å². The molecule has 0 fully saturated rings. The lowest BCUT2D eigenvalue weighted by Gasteiger charge is -1.96. The topological polar surface area (TPSA) is 31.6 Å². The van der Waals surface area contributed by atoms with Gasteiger partial charge in [-0.3, -0.25) is 0 Å². The molecule has 0 radical (unpaired) electrons. The lowest BCUT2D eigenvalue weighted by Crippen LogP contribution is -1.84. The van der Waals surface area contributed by atoms with Crippen LogP contribution in [0.1, 0.15) is 0 Å². The molecule has 1 heterocycles. The third kappa shape index (κ3) is 1.19. The summed E-state index contributed by atoms with van der Waals surface area (Å²) in [6, 6.07) is 7.81. The maximum Gasteiger partial charge on any atom is 0.175 e. The minimum absolute atomic E-state index is 0.568. The lowest BCUT2D eigenvalue weighted by atomic mass is 10.2. The second kappa shape index (κ2) is 2.80. The van der Waals surface area contributed by atoms with Gasteiger partial charge in [-0.2, -0.15) is 0 Å². The van der Waals surface area contributed by atoms with Crippen LogP contribution in [0.2, 0.25) is 0 Å². The molecule has 1 aromatic heterocycles. The zero-order valence-corrected chi connectivity index (χ0v) is 7.76. The van der Waals surface area contributed by atoms with E-state index < -0.39 is 0 Å². The first-order chi connectivity index (χ1) is 5.77. The SMILES string of the molecule is S=c1[nH]c(=S)c2ccccc2[nH]1. The summed E-state index contributed by atoms with van der Waals surface area (Å²) in [7, 11) is 0. The van der Waals surface area contributed by atoms with Crippen molar-refractivity contribution in [1.82, 2.24) is 9.97 Å². The molecule has 2 rings (SSSR count). The van der Waals surface area contributed by atoms with Crippen molar-refractivity contribution in [1.29, 1.82) is 0 Å². The number of aromatic amines is 2. The van der Waals surface area contributed by atoms with Crippen molar-refractivity contribution < 1.29 is 0 Å². The van der Waals surface area contributed by atoms with Gasteiger partial charge in [-0.15, -0.1) is 0 Å². The van der Waals surface area contributed by atoms with E-state index in [2.05, 4.69) is 9.97 Å².